The summed E-state index contributed by atoms with van der Waals surface area (Å²) in [5, 5.41) is 0. The Labute approximate surface area is 117 Å². The van der Waals surface area contributed by atoms with Crippen LogP contribution in [0.1, 0.15) is 55.8 Å². The number of para-hydroxylation sites is 1. The van der Waals surface area contributed by atoms with E-state index < -0.39 is 4.51 Å². The predicted molar refractivity (Wildman–Crippen MR) is 76.4 cm³/mol. The zero-order chi connectivity index (χ0) is 13.0. The smallest absolute Gasteiger partial charge is 0.171 e. The fraction of sp³-hybridized carbons (Fsp3) is 0.533. The fourth-order valence-electron chi connectivity index (χ4n) is 2.31. The average Bonchev–Trinajstić information content (AvgIpc) is 2.35. The van der Waals surface area contributed by atoms with Gasteiger partial charge < -0.3 is 4.74 Å². The maximum absolute atomic E-state index is 12.1. The molecule has 0 saturated heterocycles. The van der Waals surface area contributed by atoms with Crippen LogP contribution in [0.4, 0.5) is 0 Å². The van der Waals surface area contributed by atoms with Gasteiger partial charge in [-0.25, -0.2) is 0 Å². The van der Waals surface area contributed by atoms with E-state index in [0.29, 0.717) is 17.7 Å². The standard InChI is InChI=1S/C15H19BrO2/c1-2-3-4-7-10-15(16)11-13(17)12-8-5-6-9-14(12)18-15/h5-6,8-9H,2-4,7,10-11H2,1H3. The molecule has 1 aliphatic heterocycles. The highest BCUT2D eigenvalue weighted by molar-refractivity contribution is 9.10. The van der Waals surface area contributed by atoms with Crippen molar-refractivity contribution in [2.45, 2.75) is 50.0 Å². The second-order valence-corrected chi connectivity index (χ2v) is 6.34. The molecule has 2 nitrogen and oxygen atoms in total. The van der Waals surface area contributed by atoms with Gasteiger partial charge in [-0.1, -0.05) is 38.3 Å². The zero-order valence-corrected chi connectivity index (χ0v) is 12.3. The summed E-state index contributed by atoms with van der Waals surface area (Å²) in [4.78, 5) is 12.1. The Kier molecular flexibility index (Phi) is 4.44. The first-order valence-electron chi connectivity index (χ1n) is 6.65. The third kappa shape index (κ3) is 3.14. The van der Waals surface area contributed by atoms with E-state index in [2.05, 4.69) is 22.9 Å². The van der Waals surface area contributed by atoms with Gasteiger partial charge in [0.2, 0.25) is 0 Å². The van der Waals surface area contributed by atoms with Crippen LogP contribution >= 0.6 is 15.9 Å². The van der Waals surface area contributed by atoms with Gasteiger partial charge in [0.15, 0.2) is 10.3 Å². The monoisotopic (exact) mass is 310 g/mol. The van der Waals surface area contributed by atoms with E-state index in [9.17, 15) is 4.79 Å². The number of halogens is 1. The summed E-state index contributed by atoms with van der Waals surface area (Å²) >= 11 is 3.62. The van der Waals surface area contributed by atoms with E-state index in [1.807, 2.05) is 24.3 Å². The molecule has 0 spiro atoms. The topological polar surface area (TPSA) is 26.3 Å². The zero-order valence-electron chi connectivity index (χ0n) is 10.7. The number of hydrogen-bond acceptors (Lipinski definition) is 2. The van der Waals surface area contributed by atoms with Crippen molar-refractivity contribution in [3.8, 4) is 5.75 Å². The van der Waals surface area contributed by atoms with Crippen molar-refractivity contribution in [1.29, 1.82) is 0 Å². The molecular formula is C15H19BrO2. The fourth-order valence-corrected chi connectivity index (χ4v) is 3.02. The van der Waals surface area contributed by atoms with Crippen molar-refractivity contribution in [3.63, 3.8) is 0 Å². The number of carbonyl (C=O) groups excluding carboxylic acids is 1. The lowest BCUT2D eigenvalue weighted by Crippen LogP contribution is -2.36. The minimum absolute atomic E-state index is 0.171. The van der Waals surface area contributed by atoms with Gasteiger partial charge in [-0.2, -0.15) is 0 Å². The minimum atomic E-state index is -0.494. The number of rotatable bonds is 5. The van der Waals surface area contributed by atoms with Crippen LogP contribution in [-0.2, 0) is 0 Å². The molecule has 98 valence electrons. The highest BCUT2D eigenvalue weighted by Gasteiger charge is 2.37. The Bertz CT molecular complexity index is 430. The predicted octanol–water partition coefficient (Wildman–Crippen LogP) is 4.71. The van der Waals surface area contributed by atoms with Crippen molar-refractivity contribution in [1.82, 2.24) is 0 Å². The highest BCUT2D eigenvalue weighted by atomic mass is 79.9. The third-order valence-electron chi connectivity index (χ3n) is 3.31. The van der Waals surface area contributed by atoms with Crippen molar-refractivity contribution in [3.05, 3.63) is 29.8 Å². The van der Waals surface area contributed by atoms with Gasteiger partial charge in [0.05, 0.1) is 12.0 Å². The van der Waals surface area contributed by atoms with Crippen molar-refractivity contribution >= 4 is 21.7 Å². The number of fused-ring (bicyclic) bond motifs is 1. The van der Waals surface area contributed by atoms with E-state index in [4.69, 9.17) is 4.74 Å². The average molecular weight is 311 g/mol. The number of hydrogen-bond donors (Lipinski definition) is 0. The molecule has 0 saturated carbocycles. The Morgan fingerprint density at radius 2 is 2.06 bits per heavy atom. The largest absolute Gasteiger partial charge is 0.475 e. The summed E-state index contributed by atoms with van der Waals surface area (Å²) in [6.45, 7) is 2.20. The second-order valence-electron chi connectivity index (χ2n) is 4.89. The van der Waals surface area contributed by atoms with E-state index in [0.717, 1.165) is 12.8 Å². The van der Waals surface area contributed by atoms with Gasteiger partial charge in [-0.15, -0.1) is 0 Å². The molecule has 0 amide bonds. The van der Waals surface area contributed by atoms with Gasteiger partial charge >= 0.3 is 0 Å². The molecule has 1 heterocycles. The van der Waals surface area contributed by atoms with Gasteiger partial charge in [0.25, 0.3) is 0 Å². The lowest BCUT2D eigenvalue weighted by atomic mass is 9.97. The molecule has 0 aliphatic carbocycles. The van der Waals surface area contributed by atoms with Gasteiger partial charge in [-0.3, -0.25) is 4.79 Å². The first-order chi connectivity index (χ1) is 8.64. The number of benzene rings is 1. The number of ketones is 1. The van der Waals surface area contributed by atoms with Crippen molar-refractivity contribution in [2.24, 2.45) is 0 Å². The second kappa shape index (κ2) is 5.87. The number of Topliss-reactive ketones (excluding diaryl/α,β-unsaturated/α-hetero) is 1. The Hall–Kier alpha value is -0.830. The molecule has 2 rings (SSSR count). The van der Waals surface area contributed by atoms with Crippen molar-refractivity contribution < 1.29 is 9.53 Å². The number of unbranched alkanes of at least 4 members (excludes halogenated alkanes) is 3. The lowest BCUT2D eigenvalue weighted by Gasteiger charge is -2.33. The molecule has 0 aromatic heterocycles. The van der Waals surface area contributed by atoms with Gasteiger partial charge in [0, 0.05) is 0 Å². The highest BCUT2D eigenvalue weighted by Crippen LogP contribution is 2.39. The first-order valence-corrected chi connectivity index (χ1v) is 7.44. The molecule has 3 heteroatoms. The van der Waals surface area contributed by atoms with E-state index in [1.54, 1.807) is 0 Å². The van der Waals surface area contributed by atoms with Crippen LogP contribution in [-0.4, -0.2) is 10.3 Å². The molecule has 1 aromatic carbocycles. The molecule has 0 bridgehead atoms. The summed E-state index contributed by atoms with van der Waals surface area (Å²) in [5.74, 6) is 0.880. The van der Waals surface area contributed by atoms with Crippen LogP contribution in [0.5, 0.6) is 5.75 Å². The van der Waals surface area contributed by atoms with Crippen LogP contribution in [0.15, 0.2) is 24.3 Å². The van der Waals surface area contributed by atoms with Crippen LogP contribution in [0.3, 0.4) is 0 Å². The maximum atomic E-state index is 12.1. The molecule has 1 aromatic rings. The molecular weight excluding hydrogens is 292 g/mol. The summed E-state index contributed by atoms with van der Waals surface area (Å²) in [7, 11) is 0. The summed E-state index contributed by atoms with van der Waals surface area (Å²) in [6, 6.07) is 7.49. The van der Waals surface area contributed by atoms with Gasteiger partial charge in [0.1, 0.15) is 5.75 Å². The molecule has 0 radical (unpaired) electrons. The van der Waals surface area contributed by atoms with Crippen LogP contribution in [0, 0.1) is 0 Å². The van der Waals surface area contributed by atoms with Crippen LogP contribution < -0.4 is 4.74 Å². The number of ether oxygens (including phenoxy) is 1. The van der Waals surface area contributed by atoms with Gasteiger partial charge in [-0.05, 0) is 40.9 Å². The lowest BCUT2D eigenvalue weighted by molar-refractivity contribution is 0.0782. The normalized spacial score (nSPS) is 22.4. The molecule has 1 atom stereocenters. The molecule has 1 aliphatic rings. The van der Waals surface area contributed by atoms with E-state index >= 15 is 0 Å². The molecule has 0 fully saturated rings. The summed E-state index contributed by atoms with van der Waals surface area (Å²) in [6.07, 6.45) is 6.06. The van der Waals surface area contributed by atoms with E-state index in [1.165, 1.54) is 19.3 Å². The summed E-state index contributed by atoms with van der Waals surface area (Å²) in [5.41, 5.74) is 0.709. The first kappa shape index (κ1) is 13.6. The Morgan fingerprint density at radius 1 is 1.28 bits per heavy atom. The van der Waals surface area contributed by atoms with Crippen molar-refractivity contribution in [2.75, 3.05) is 0 Å². The molecule has 0 N–H and O–H groups in total. The van der Waals surface area contributed by atoms with Crippen LogP contribution in [0.25, 0.3) is 0 Å². The molecule has 18 heavy (non-hydrogen) atoms. The number of alkyl halides is 1. The van der Waals surface area contributed by atoms with E-state index in [-0.39, 0.29) is 5.78 Å². The maximum Gasteiger partial charge on any atom is 0.171 e. The molecule has 1 unspecified atom stereocenters. The van der Waals surface area contributed by atoms with Crippen LogP contribution in [0.2, 0.25) is 0 Å². The Balaban J connectivity index is 2.02. The SMILES string of the molecule is CCCCCCC1(Br)CC(=O)c2ccccc2O1. The third-order valence-corrected chi connectivity index (χ3v) is 4.15. The quantitative estimate of drug-likeness (QED) is 0.581. The number of carbonyl (C=O) groups is 1. The Morgan fingerprint density at radius 3 is 2.83 bits per heavy atom. The summed E-state index contributed by atoms with van der Waals surface area (Å²) < 4.78 is 5.47. The minimum Gasteiger partial charge on any atom is -0.475 e.